The molecule has 0 N–H and O–H groups in total. The molecule has 2 aromatic rings. The number of hydrogen-bond acceptors (Lipinski definition) is 2. The van der Waals surface area contributed by atoms with Crippen molar-refractivity contribution in [2.75, 3.05) is 0 Å². The van der Waals surface area contributed by atoms with Crippen LogP contribution in [0.2, 0.25) is 0 Å². The average molecular weight is 302 g/mol. The lowest BCUT2D eigenvalue weighted by atomic mass is 9.97. The van der Waals surface area contributed by atoms with Crippen molar-refractivity contribution in [3.8, 4) is 6.07 Å². The number of nitriles is 1. The Morgan fingerprint density at radius 1 is 1.38 bits per heavy atom. The summed E-state index contributed by atoms with van der Waals surface area (Å²) >= 11 is 6.37. The van der Waals surface area contributed by atoms with Crippen LogP contribution in [0.15, 0.2) is 18.2 Å². The number of benzene rings is 1. The second-order valence-corrected chi connectivity index (χ2v) is 6.91. The molecule has 1 fully saturated rings. The van der Waals surface area contributed by atoms with E-state index in [0.717, 1.165) is 23.3 Å². The maximum absolute atomic E-state index is 9.16. The smallest absolute Gasteiger partial charge is 0.127 e. The van der Waals surface area contributed by atoms with Gasteiger partial charge in [0.2, 0.25) is 0 Å². The van der Waals surface area contributed by atoms with E-state index in [4.69, 9.17) is 21.8 Å². The minimum atomic E-state index is -0.133. The zero-order chi connectivity index (χ0) is 15.1. The molecule has 21 heavy (non-hydrogen) atoms. The SMILES string of the molecule is CC(Cl)c1nc2ccc(C#N)cc2n1C1CCC(C)C1C. The monoisotopic (exact) mass is 301 g/mol. The number of rotatable bonds is 2. The number of hydrogen-bond donors (Lipinski definition) is 0. The largest absolute Gasteiger partial charge is 0.323 e. The van der Waals surface area contributed by atoms with Crippen LogP contribution < -0.4 is 0 Å². The number of fused-ring (bicyclic) bond motifs is 1. The minimum absolute atomic E-state index is 0.133. The molecule has 0 amide bonds. The lowest BCUT2D eigenvalue weighted by molar-refractivity contribution is 0.352. The third-order valence-corrected chi connectivity index (χ3v) is 5.15. The zero-order valence-electron chi connectivity index (χ0n) is 12.7. The van der Waals surface area contributed by atoms with E-state index in [9.17, 15) is 0 Å². The van der Waals surface area contributed by atoms with E-state index in [-0.39, 0.29) is 5.38 Å². The van der Waals surface area contributed by atoms with Crippen LogP contribution in [0.5, 0.6) is 0 Å². The van der Waals surface area contributed by atoms with Crippen molar-refractivity contribution in [2.24, 2.45) is 11.8 Å². The van der Waals surface area contributed by atoms with Crippen LogP contribution in [0.1, 0.15) is 56.4 Å². The van der Waals surface area contributed by atoms with E-state index in [1.54, 1.807) is 0 Å². The molecule has 1 aliphatic carbocycles. The number of halogens is 1. The van der Waals surface area contributed by atoms with Gasteiger partial charge in [-0.1, -0.05) is 13.8 Å². The lowest BCUT2D eigenvalue weighted by Crippen LogP contribution is -2.17. The first-order chi connectivity index (χ1) is 10.0. The van der Waals surface area contributed by atoms with Gasteiger partial charge in [0.25, 0.3) is 0 Å². The molecule has 0 bridgehead atoms. The van der Waals surface area contributed by atoms with E-state index in [0.29, 0.717) is 23.4 Å². The van der Waals surface area contributed by atoms with Crippen molar-refractivity contribution in [3.05, 3.63) is 29.6 Å². The topological polar surface area (TPSA) is 41.6 Å². The molecule has 0 saturated heterocycles. The molecule has 4 unspecified atom stereocenters. The van der Waals surface area contributed by atoms with E-state index in [1.165, 1.54) is 6.42 Å². The molecule has 1 aromatic heterocycles. The van der Waals surface area contributed by atoms with Crippen LogP contribution >= 0.6 is 11.6 Å². The van der Waals surface area contributed by atoms with Crippen molar-refractivity contribution in [1.82, 2.24) is 9.55 Å². The third-order valence-electron chi connectivity index (χ3n) is 4.96. The molecule has 0 radical (unpaired) electrons. The van der Waals surface area contributed by atoms with Gasteiger partial charge < -0.3 is 4.57 Å². The standard InChI is InChI=1S/C17H20ClN3/c1-10-4-7-15(11(10)2)21-16-8-13(9-19)5-6-14(16)20-17(21)12(3)18/h5-6,8,10-12,15H,4,7H2,1-3H3. The number of nitrogens with zero attached hydrogens (tertiary/aromatic N) is 3. The van der Waals surface area contributed by atoms with Gasteiger partial charge >= 0.3 is 0 Å². The molecule has 3 nitrogen and oxygen atoms in total. The summed E-state index contributed by atoms with van der Waals surface area (Å²) in [6, 6.07) is 8.34. The molecule has 3 rings (SSSR count). The Bertz CT molecular complexity index is 711. The van der Waals surface area contributed by atoms with Crippen molar-refractivity contribution in [2.45, 2.75) is 45.0 Å². The minimum Gasteiger partial charge on any atom is -0.323 e. The van der Waals surface area contributed by atoms with Gasteiger partial charge in [-0.05, 0) is 49.8 Å². The van der Waals surface area contributed by atoms with Crippen molar-refractivity contribution in [3.63, 3.8) is 0 Å². The van der Waals surface area contributed by atoms with Crippen molar-refractivity contribution in [1.29, 1.82) is 5.26 Å². The van der Waals surface area contributed by atoms with Gasteiger partial charge in [0.05, 0.1) is 28.0 Å². The predicted octanol–water partition coefficient (Wildman–Crippen LogP) is 4.81. The van der Waals surface area contributed by atoms with Gasteiger partial charge in [-0.3, -0.25) is 0 Å². The highest BCUT2D eigenvalue weighted by molar-refractivity contribution is 6.20. The highest BCUT2D eigenvalue weighted by Crippen LogP contribution is 2.43. The predicted molar refractivity (Wildman–Crippen MR) is 85.3 cm³/mol. The van der Waals surface area contributed by atoms with Gasteiger partial charge in [-0.25, -0.2) is 4.98 Å². The fourth-order valence-corrected chi connectivity index (χ4v) is 3.67. The summed E-state index contributed by atoms with van der Waals surface area (Å²) in [7, 11) is 0. The molecule has 110 valence electrons. The molecular formula is C17H20ClN3. The summed E-state index contributed by atoms with van der Waals surface area (Å²) in [5, 5.41) is 9.02. The second kappa shape index (κ2) is 5.35. The molecule has 0 spiro atoms. The molecule has 1 aliphatic rings. The Kier molecular flexibility index (Phi) is 3.67. The molecule has 1 saturated carbocycles. The van der Waals surface area contributed by atoms with Crippen LogP contribution in [0.25, 0.3) is 11.0 Å². The van der Waals surface area contributed by atoms with E-state index in [1.807, 2.05) is 25.1 Å². The molecule has 4 atom stereocenters. The summed E-state index contributed by atoms with van der Waals surface area (Å²) < 4.78 is 2.29. The number of imidazole rings is 1. The quantitative estimate of drug-likeness (QED) is 0.747. The average Bonchev–Trinajstić information content (AvgIpc) is 3.00. The van der Waals surface area contributed by atoms with E-state index < -0.39 is 0 Å². The Labute approximate surface area is 130 Å². The number of alkyl halides is 1. The number of aromatic nitrogens is 2. The van der Waals surface area contributed by atoms with Gasteiger partial charge in [0.15, 0.2) is 0 Å². The molecule has 1 aromatic carbocycles. The highest BCUT2D eigenvalue weighted by Gasteiger charge is 2.34. The van der Waals surface area contributed by atoms with Crippen LogP contribution in [-0.2, 0) is 0 Å². The summed E-state index contributed by atoms with van der Waals surface area (Å²) in [4.78, 5) is 4.71. The van der Waals surface area contributed by atoms with E-state index in [2.05, 4.69) is 24.5 Å². The molecule has 4 heteroatoms. The fourth-order valence-electron chi connectivity index (χ4n) is 3.51. The van der Waals surface area contributed by atoms with Crippen molar-refractivity contribution < 1.29 is 0 Å². The maximum atomic E-state index is 9.16. The Hall–Kier alpha value is -1.53. The van der Waals surface area contributed by atoms with Gasteiger partial charge in [0.1, 0.15) is 5.82 Å². The lowest BCUT2D eigenvalue weighted by Gasteiger charge is -2.23. The molecular weight excluding hydrogens is 282 g/mol. The summed E-state index contributed by atoms with van der Waals surface area (Å²) in [6.07, 6.45) is 2.39. The Balaban J connectivity index is 2.22. The second-order valence-electron chi connectivity index (χ2n) is 6.25. The fraction of sp³-hybridized carbons (Fsp3) is 0.529. The molecule has 0 aliphatic heterocycles. The maximum Gasteiger partial charge on any atom is 0.127 e. The van der Waals surface area contributed by atoms with Crippen LogP contribution in [0.4, 0.5) is 0 Å². The summed E-state index contributed by atoms with van der Waals surface area (Å²) in [6.45, 7) is 6.59. The third kappa shape index (κ3) is 2.32. The summed E-state index contributed by atoms with van der Waals surface area (Å²) in [5.74, 6) is 2.24. The first-order valence-corrected chi connectivity index (χ1v) is 8.02. The first-order valence-electron chi connectivity index (χ1n) is 7.59. The normalized spacial score (nSPS) is 26.9. The van der Waals surface area contributed by atoms with Gasteiger partial charge in [-0.15, -0.1) is 11.6 Å². The molecule has 1 heterocycles. The van der Waals surface area contributed by atoms with Crippen LogP contribution in [0.3, 0.4) is 0 Å². The van der Waals surface area contributed by atoms with Crippen molar-refractivity contribution >= 4 is 22.6 Å². The van der Waals surface area contributed by atoms with Gasteiger partial charge in [0, 0.05) is 6.04 Å². The Morgan fingerprint density at radius 2 is 2.14 bits per heavy atom. The summed E-state index contributed by atoms with van der Waals surface area (Å²) in [5.41, 5.74) is 2.65. The van der Waals surface area contributed by atoms with Crippen LogP contribution in [0, 0.1) is 23.2 Å². The Morgan fingerprint density at radius 3 is 2.71 bits per heavy atom. The van der Waals surface area contributed by atoms with Gasteiger partial charge in [-0.2, -0.15) is 5.26 Å². The first kappa shape index (κ1) is 14.4. The van der Waals surface area contributed by atoms with Crippen LogP contribution in [-0.4, -0.2) is 9.55 Å². The highest BCUT2D eigenvalue weighted by atomic mass is 35.5. The zero-order valence-corrected chi connectivity index (χ0v) is 13.4. The van der Waals surface area contributed by atoms with E-state index >= 15 is 0 Å².